The summed E-state index contributed by atoms with van der Waals surface area (Å²) in [6, 6.07) is 14.3. The van der Waals surface area contributed by atoms with Crippen molar-refractivity contribution < 1.29 is 9.53 Å². The molecule has 1 amide bonds. The molecular formula is C28H31N5O2S. The zero-order valence-electron chi connectivity index (χ0n) is 20.8. The number of hydrogen-bond acceptors (Lipinski definition) is 7. The highest BCUT2D eigenvalue weighted by Crippen LogP contribution is 2.40. The number of benzene rings is 2. The van der Waals surface area contributed by atoms with Crippen molar-refractivity contribution in [2.75, 3.05) is 19.6 Å². The van der Waals surface area contributed by atoms with Crippen LogP contribution in [0.2, 0.25) is 0 Å². The van der Waals surface area contributed by atoms with Crippen molar-refractivity contribution in [3.63, 3.8) is 0 Å². The molecule has 0 bridgehead atoms. The molecule has 3 aromatic rings. The summed E-state index contributed by atoms with van der Waals surface area (Å²) in [5, 5.41) is 23.7. The predicted octanol–water partition coefficient (Wildman–Crippen LogP) is 5.12. The number of hydrogen-bond donors (Lipinski definition) is 1. The second kappa shape index (κ2) is 10.8. The van der Waals surface area contributed by atoms with Crippen LogP contribution in [0.1, 0.15) is 62.3 Å². The van der Waals surface area contributed by atoms with E-state index in [2.05, 4.69) is 39.8 Å². The van der Waals surface area contributed by atoms with Crippen LogP contribution in [-0.2, 0) is 11.2 Å². The molecule has 0 unspecified atom stereocenters. The van der Waals surface area contributed by atoms with Crippen LogP contribution in [0.3, 0.4) is 0 Å². The van der Waals surface area contributed by atoms with E-state index in [1.54, 1.807) is 0 Å². The molecule has 2 aromatic carbocycles. The lowest BCUT2D eigenvalue weighted by molar-refractivity contribution is -0.131. The Morgan fingerprint density at radius 3 is 2.78 bits per heavy atom. The van der Waals surface area contributed by atoms with Gasteiger partial charge < -0.3 is 15.0 Å². The van der Waals surface area contributed by atoms with Gasteiger partial charge in [0.2, 0.25) is 5.91 Å². The fraction of sp³-hybridized carbons (Fsp3) is 0.429. The van der Waals surface area contributed by atoms with Crippen LogP contribution in [0.5, 0.6) is 5.75 Å². The largest absolute Gasteiger partial charge is 0.490 e. The van der Waals surface area contributed by atoms with Gasteiger partial charge in [0.1, 0.15) is 21.8 Å². The minimum Gasteiger partial charge on any atom is -0.490 e. The predicted molar refractivity (Wildman–Crippen MR) is 141 cm³/mol. The molecule has 0 spiro atoms. The lowest BCUT2D eigenvalue weighted by Gasteiger charge is -2.27. The fourth-order valence-corrected chi connectivity index (χ4v) is 5.98. The number of nitrogens with one attached hydrogen (secondary N) is 1. The minimum absolute atomic E-state index is 0.00235. The summed E-state index contributed by atoms with van der Waals surface area (Å²) in [6.07, 6.45) is 5.35. The van der Waals surface area contributed by atoms with Crippen LogP contribution >= 0.6 is 11.3 Å². The number of fused-ring (bicyclic) bond motifs is 1. The molecule has 0 saturated carbocycles. The first-order valence-electron chi connectivity index (χ1n) is 12.7. The van der Waals surface area contributed by atoms with Crippen molar-refractivity contribution >= 4 is 17.2 Å². The third-order valence-electron chi connectivity index (χ3n) is 6.84. The molecule has 2 heterocycles. The highest BCUT2D eigenvalue weighted by molar-refractivity contribution is 7.17. The van der Waals surface area contributed by atoms with Gasteiger partial charge in [0.25, 0.3) is 0 Å². The molecule has 5 rings (SSSR count). The lowest BCUT2D eigenvalue weighted by Crippen LogP contribution is -2.41. The second-order valence-corrected chi connectivity index (χ2v) is 10.7. The molecule has 1 N–H and O–H groups in total. The molecule has 36 heavy (non-hydrogen) atoms. The Bertz CT molecular complexity index is 1290. The van der Waals surface area contributed by atoms with Gasteiger partial charge in [0, 0.05) is 30.3 Å². The van der Waals surface area contributed by atoms with E-state index in [0.717, 1.165) is 59.9 Å². The molecular weight excluding hydrogens is 470 g/mol. The molecule has 8 heteroatoms. The monoisotopic (exact) mass is 501 g/mol. The van der Waals surface area contributed by atoms with Crippen LogP contribution in [0.4, 0.5) is 0 Å². The van der Waals surface area contributed by atoms with E-state index >= 15 is 0 Å². The second-order valence-electron chi connectivity index (χ2n) is 9.69. The Labute approximate surface area is 216 Å². The highest BCUT2D eigenvalue weighted by Gasteiger charge is 2.27. The number of rotatable bonds is 7. The van der Waals surface area contributed by atoms with Crippen LogP contribution in [0.15, 0.2) is 36.4 Å². The van der Waals surface area contributed by atoms with Crippen LogP contribution in [0, 0.1) is 11.3 Å². The first kappa shape index (κ1) is 24.4. The standard InChI is InChI=1S/C28H31N5O2S/c1-18(2)35-25-12-9-19(15-20(25)16-29)27-31-32-28(36-27)23-8-6-7-22-21(23)10-11-24(22)30-17-26(34)33-13-4-3-5-14-33/h6-9,12,15,18,24,30H,3-5,10-11,13-14,17H2,1-2H3/t24-/m1/s1. The van der Waals surface area contributed by atoms with Gasteiger partial charge in [-0.2, -0.15) is 5.26 Å². The molecule has 7 nitrogen and oxygen atoms in total. The van der Waals surface area contributed by atoms with Gasteiger partial charge in [-0.25, -0.2) is 0 Å². The summed E-state index contributed by atoms with van der Waals surface area (Å²) < 4.78 is 5.75. The van der Waals surface area contributed by atoms with Gasteiger partial charge in [-0.05, 0) is 75.3 Å². The van der Waals surface area contributed by atoms with Gasteiger partial charge in [0.15, 0.2) is 0 Å². The zero-order valence-corrected chi connectivity index (χ0v) is 21.6. The Hall–Kier alpha value is -3.28. The molecule has 1 aromatic heterocycles. The summed E-state index contributed by atoms with van der Waals surface area (Å²) in [5.41, 5.74) is 4.98. The van der Waals surface area contributed by atoms with Gasteiger partial charge in [0.05, 0.1) is 18.2 Å². The van der Waals surface area contributed by atoms with E-state index in [1.165, 1.54) is 28.9 Å². The molecule has 1 aliphatic heterocycles. The number of nitrogens with zero attached hydrogens (tertiary/aromatic N) is 4. The molecule has 186 valence electrons. The SMILES string of the molecule is CC(C)Oc1ccc(-c2nnc(-c3cccc4c3CC[C@H]4NCC(=O)N3CCCCC3)s2)cc1C#N. The van der Waals surface area contributed by atoms with Crippen molar-refractivity contribution in [2.45, 2.75) is 58.1 Å². The first-order valence-corrected chi connectivity index (χ1v) is 13.5. The summed E-state index contributed by atoms with van der Waals surface area (Å²) in [5.74, 6) is 0.786. The van der Waals surface area contributed by atoms with Crippen LogP contribution in [-0.4, -0.2) is 46.7 Å². The smallest absolute Gasteiger partial charge is 0.236 e. The average molecular weight is 502 g/mol. The Morgan fingerprint density at radius 1 is 1.19 bits per heavy atom. The summed E-state index contributed by atoms with van der Waals surface area (Å²) in [7, 11) is 0. The third-order valence-corrected chi connectivity index (χ3v) is 7.85. The summed E-state index contributed by atoms with van der Waals surface area (Å²) >= 11 is 1.53. The van der Waals surface area contributed by atoms with E-state index in [4.69, 9.17) is 4.74 Å². The molecule has 1 fully saturated rings. The van der Waals surface area contributed by atoms with Crippen molar-refractivity contribution in [1.82, 2.24) is 20.4 Å². The molecule has 1 saturated heterocycles. The maximum Gasteiger partial charge on any atom is 0.236 e. The normalized spacial score (nSPS) is 17.2. The molecule has 1 aliphatic carbocycles. The van der Waals surface area contributed by atoms with Gasteiger partial charge in [-0.15, -0.1) is 10.2 Å². The number of ether oxygens (including phenoxy) is 1. The number of amides is 1. The quantitative estimate of drug-likeness (QED) is 0.483. The third kappa shape index (κ3) is 5.13. The van der Waals surface area contributed by atoms with Crippen molar-refractivity contribution in [3.8, 4) is 33.0 Å². The number of likely N-dealkylation sites (tertiary alicyclic amines) is 1. The van der Waals surface area contributed by atoms with Crippen molar-refractivity contribution in [1.29, 1.82) is 5.26 Å². The van der Waals surface area contributed by atoms with Crippen molar-refractivity contribution in [3.05, 3.63) is 53.1 Å². The number of nitriles is 1. The minimum atomic E-state index is -0.00235. The number of carbonyl (C=O) groups is 1. The van der Waals surface area contributed by atoms with Gasteiger partial charge in [-0.3, -0.25) is 4.79 Å². The van der Waals surface area contributed by atoms with Crippen LogP contribution in [0.25, 0.3) is 21.1 Å². The zero-order chi connectivity index (χ0) is 25.1. The Balaban J connectivity index is 1.32. The Kier molecular flexibility index (Phi) is 7.30. The first-order chi connectivity index (χ1) is 17.5. The fourth-order valence-electron chi connectivity index (χ4n) is 5.09. The molecule has 2 aliphatic rings. The summed E-state index contributed by atoms with van der Waals surface area (Å²) in [4.78, 5) is 14.6. The van der Waals surface area contributed by atoms with Crippen molar-refractivity contribution in [2.24, 2.45) is 0 Å². The molecule has 0 radical (unpaired) electrons. The van der Waals surface area contributed by atoms with E-state index < -0.39 is 0 Å². The van der Waals surface area contributed by atoms with Gasteiger partial charge in [-0.1, -0.05) is 29.5 Å². The van der Waals surface area contributed by atoms with Gasteiger partial charge >= 0.3 is 0 Å². The molecule has 1 atom stereocenters. The van der Waals surface area contributed by atoms with E-state index in [9.17, 15) is 10.1 Å². The maximum atomic E-state index is 12.6. The number of aromatic nitrogens is 2. The highest BCUT2D eigenvalue weighted by atomic mass is 32.1. The topological polar surface area (TPSA) is 91.1 Å². The van der Waals surface area contributed by atoms with E-state index in [1.807, 2.05) is 36.9 Å². The van der Waals surface area contributed by atoms with E-state index in [-0.39, 0.29) is 18.1 Å². The maximum absolute atomic E-state index is 12.6. The van der Waals surface area contributed by atoms with E-state index in [0.29, 0.717) is 17.9 Å². The summed E-state index contributed by atoms with van der Waals surface area (Å²) in [6.45, 7) is 6.03. The Morgan fingerprint density at radius 2 is 2.00 bits per heavy atom. The number of carbonyl (C=O) groups excluding carboxylic acids is 1. The average Bonchev–Trinajstić information content (AvgIpc) is 3.55. The lowest BCUT2D eigenvalue weighted by atomic mass is 10.0. The number of piperidine rings is 1. The van der Waals surface area contributed by atoms with Crippen LogP contribution < -0.4 is 10.1 Å².